The van der Waals surface area contributed by atoms with Crippen molar-refractivity contribution in [3.63, 3.8) is 0 Å². The first-order chi connectivity index (χ1) is 23.1. The van der Waals surface area contributed by atoms with Gasteiger partial charge >= 0.3 is 0 Å². The fourth-order valence-electron chi connectivity index (χ4n) is 11.1. The monoisotopic (exact) mass is 650 g/mol. The summed E-state index contributed by atoms with van der Waals surface area (Å²) in [6.07, 6.45) is 3.29. The largest absolute Gasteiger partial charge is 0.294 e. The number of ketones is 3. The molecular weight excluding hydrogens is 601 g/mol. The lowest BCUT2D eigenvalue weighted by atomic mass is 9.37. The molecule has 0 heterocycles. The van der Waals surface area contributed by atoms with Crippen molar-refractivity contribution in [2.45, 2.75) is 99.8 Å². The van der Waals surface area contributed by atoms with E-state index in [1.807, 2.05) is 20.8 Å². The Morgan fingerprint density at radius 2 is 1.45 bits per heavy atom. The first-order valence-corrected chi connectivity index (χ1v) is 18.1. The number of rotatable bonds is 6. The molecule has 5 atom stereocenters. The van der Waals surface area contributed by atoms with E-state index < -0.39 is 16.2 Å². The van der Waals surface area contributed by atoms with Crippen LogP contribution in [0.1, 0.15) is 125 Å². The van der Waals surface area contributed by atoms with E-state index in [9.17, 15) is 14.4 Å². The molecule has 4 aliphatic carbocycles. The molecule has 0 bridgehead atoms. The Kier molecular flexibility index (Phi) is 7.63. The zero-order chi connectivity index (χ0) is 35.4. The van der Waals surface area contributed by atoms with Gasteiger partial charge in [0.1, 0.15) is 0 Å². The molecule has 0 saturated carbocycles. The Bertz CT molecular complexity index is 2030. The molecule has 3 aromatic rings. The third-order valence-corrected chi connectivity index (χ3v) is 14.4. The Morgan fingerprint density at radius 1 is 0.857 bits per heavy atom. The van der Waals surface area contributed by atoms with Crippen molar-refractivity contribution >= 4 is 17.3 Å². The molecule has 0 radical (unpaired) electrons. The number of carbonyl (C=O) groups is 3. The number of fused-ring (bicyclic) bond motifs is 6. The maximum absolute atomic E-state index is 15.0. The first-order valence-electron chi connectivity index (χ1n) is 18.1. The number of Topliss-reactive ketones (excluding diaryl/α,β-unsaturated/α-hetero) is 3. The normalized spacial score (nSPS) is 28.9. The summed E-state index contributed by atoms with van der Waals surface area (Å²) in [5.41, 5.74) is 11.7. The highest BCUT2D eigenvalue weighted by molar-refractivity contribution is 6.24. The fraction of sp³-hybridized carbons (Fsp3) is 0.413. The van der Waals surface area contributed by atoms with Crippen molar-refractivity contribution in [3.8, 4) is 11.1 Å². The second-order valence-corrected chi connectivity index (χ2v) is 16.3. The number of allylic oxidation sites excluding steroid dienone is 5. The summed E-state index contributed by atoms with van der Waals surface area (Å²) in [6.45, 7) is 23.1. The number of hydrogen-bond acceptors (Lipinski definition) is 3. The summed E-state index contributed by atoms with van der Waals surface area (Å²) in [4.78, 5) is 42.2. The molecule has 0 amide bonds. The van der Waals surface area contributed by atoms with E-state index in [0.717, 1.165) is 58.2 Å². The second-order valence-electron chi connectivity index (χ2n) is 16.3. The maximum atomic E-state index is 15.0. The minimum atomic E-state index is -0.939. The van der Waals surface area contributed by atoms with Gasteiger partial charge in [0.05, 0.1) is 11.0 Å². The van der Waals surface area contributed by atoms with Crippen molar-refractivity contribution < 1.29 is 14.4 Å². The number of hydrogen-bond donors (Lipinski definition) is 0. The van der Waals surface area contributed by atoms with Gasteiger partial charge in [0.15, 0.2) is 17.3 Å². The lowest BCUT2D eigenvalue weighted by Crippen LogP contribution is -2.62. The molecule has 3 heteroatoms. The summed E-state index contributed by atoms with van der Waals surface area (Å²) in [7, 11) is 0. The molecule has 252 valence electrons. The van der Waals surface area contributed by atoms with Crippen molar-refractivity contribution in [2.24, 2.45) is 22.2 Å². The molecule has 0 saturated heterocycles. The lowest BCUT2D eigenvalue weighted by molar-refractivity contribution is -0.139. The zero-order valence-corrected chi connectivity index (χ0v) is 30.8. The Morgan fingerprint density at radius 3 is 2.04 bits per heavy atom. The van der Waals surface area contributed by atoms with Crippen LogP contribution in [0.15, 0.2) is 95.1 Å². The smallest absolute Gasteiger partial charge is 0.190 e. The number of benzene rings is 3. The molecule has 4 aliphatic rings. The van der Waals surface area contributed by atoms with Gasteiger partial charge in [-0.15, -0.1) is 0 Å². The van der Waals surface area contributed by atoms with Crippen LogP contribution in [0.4, 0.5) is 0 Å². The van der Waals surface area contributed by atoms with Crippen molar-refractivity contribution in [1.82, 2.24) is 0 Å². The average molecular weight is 651 g/mol. The van der Waals surface area contributed by atoms with Gasteiger partial charge in [-0.2, -0.15) is 0 Å². The van der Waals surface area contributed by atoms with Crippen LogP contribution in [0.2, 0.25) is 0 Å². The van der Waals surface area contributed by atoms with Gasteiger partial charge < -0.3 is 0 Å². The van der Waals surface area contributed by atoms with E-state index >= 15 is 0 Å². The van der Waals surface area contributed by atoms with Gasteiger partial charge in [0.2, 0.25) is 0 Å². The van der Waals surface area contributed by atoms with E-state index in [4.69, 9.17) is 0 Å². The highest BCUT2D eigenvalue weighted by Crippen LogP contribution is 2.71. The molecular formula is C46H50O3. The third-order valence-electron chi connectivity index (χ3n) is 14.4. The summed E-state index contributed by atoms with van der Waals surface area (Å²) >= 11 is 0. The quantitative estimate of drug-likeness (QED) is 0.197. The second kappa shape index (κ2) is 11.2. The van der Waals surface area contributed by atoms with Crippen LogP contribution >= 0.6 is 0 Å². The van der Waals surface area contributed by atoms with Gasteiger partial charge in [-0.25, -0.2) is 0 Å². The van der Waals surface area contributed by atoms with Crippen LogP contribution in [-0.4, -0.2) is 17.3 Å². The molecule has 3 aromatic carbocycles. The van der Waals surface area contributed by atoms with Crippen molar-refractivity contribution in [3.05, 3.63) is 128 Å². The molecule has 3 nitrogen and oxygen atoms in total. The van der Waals surface area contributed by atoms with Crippen LogP contribution in [0.25, 0.3) is 11.1 Å². The van der Waals surface area contributed by atoms with E-state index in [2.05, 4.69) is 102 Å². The van der Waals surface area contributed by atoms with Crippen LogP contribution in [0.3, 0.4) is 0 Å². The van der Waals surface area contributed by atoms with E-state index in [1.54, 1.807) is 0 Å². The van der Waals surface area contributed by atoms with Gasteiger partial charge in [0.25, 0.3) is 0 Å². The molecule has 0 fully saturated rings. The van der Waals surface area contributed by atoms with Gasteiger partial charge in [-0.3, -0.25) is 14.4 Å². The molecule has 0 aromatic heterocycles. The van der Waals surface area contributed by atoms with E-state index in [-0.39, 0.29) is 29.2 Å². The van der Waals surface area contributed by atoms with Crippen molar-refractivity contribution in [1.29, 1.82) is 0 Å². The average Bonchev–Trinajstić information content (AvgIpc) is 3.38. The minimum absolute atomic E-state index is 0.0221. The van der Waals surface area contributed by atoms with Crippen LogP contribution in [0, 0.1) is 29.1 Å². The highest BCUT2D eigenvalue weighted by Gasteiger charge is 2.67. The van der Waals surface area contributed by atoms with Gasteiger partial charge in [0, 0.05) is 22.5 Å². The van der Waals surface area contributed by atoms with E-state index in [1.165, 1.54) is 34.8 Å². The predicted octanol–water partition coefficient (Wildman–Crippen LogP) is 10.8. The Balaban J connectivity index is 1.23. The molecule has 7 rings (SSSR count). The molecule has 0 spiro atoms. The summed E-state index contributed by atoms with van der Waals surface area (Å²) in [5, 5.41) is 0. The van der Waals surface area contributed by atoms with Crippen LogP contribution in [0.5, 0.6) is 0 Å². The summed E-state index contributed by atoms with van der Waals surface area (Å²) in [6, 6.07) is 22.0. The fourth-order valence-corrected chi connectivity index (χ4v) is 11.1. The van der Waals surface area contributed by atoms with E-state index in [0.29, 0.717) is 17.9 Å². The summed E-state index contributed by atoms with van der Waals surface area (Å²) in [5.74, 6) is 0.206. The summed E-state index contributed by atoms with van der Waals surface area (Å²) < 4.78 is 0. The highest BCUT2D eigenvalue weighted by atomic mass is 16.2. The van der Waals surface area contributed by atoms with Gasteiger partial charge in [-0.05, 0) is 116 Å². The topological polar surface area (TPSA) is 51.2 Å². The Hall–Kier alpha value is -4.11. The zero-order valence-electron chi connectivity index (χ0n) is 30.8. The third kappa shape index (κ3) is 4.30. The first kappa shape index (κ1) is 33.4. The molecule has 0 aliphatic heterocycles. The number of carbonyl (C=O) groups excluding carboxylic acids is 3. The lowest BCUT2D eigenvalue weighted by Gasteiger charge is -2.64. The van der Waals surface area contributed by atoms with Gasteiger partial charge in [-0.1, -0.05) is 112 Å². The predicted molar refractivity (Wildman–Crippen MR) is 199 cm³/mol. The van der Waals surface area contributed by atoms with Crippen LogP contribution in [-0.2, 0) is 16.0 Å². The Labute approximate surface area is 292 Å². The molecule has 49 heavy (non-hydrogen) atoms. The molecule has 0 unspecified atom stereocenters. The maximum Gasteiger partial charge on any atom is 0.190 e. The molecule has 0 N–H and O–H groups in total. The van der Waals surface area contributed by atoms with Crippen molar-refractivity contribution in [2.75, 3.05) is 0 Å². The standard InChI is InChI=1S/C46H50O3/c1-25(19-21-38-36-17-13-11-15-34(36)35-16-12-14-18-37(35)38)23-32-20-22-33-28(4)45(9)31(7)44(8)24-26(2)39(30(6)47)43(49)46(44,10)29(5)41(45)42(48)40(33)27(32)3/h11-18,20,22,28,31,38H,1,19,21,23-24H2,2-10H3/t28-,31+,44+,45-,46+/m1/s1. The minimum Gasteiger partial charge on any atom is -0.294 e. The van der Waals surface area contributed by atoms with Crippen LogP contribution < -0.4 is 0 Å². The SMILES string of the molecule is C=C(CCC1c2ccccc2-c2ccccc21)Cc1ccc2c(c1C)C(=O)C1=C(C)[C@@]3(C)C(=O)C(C(C)=O)=C(C)C[C@@]3(C)[C@H](C)[C@@]1(C)[C@@H]2C.